The lowest BCUT2D eigenvalue weighted by Gasteiger charge is -2.21. The van der Waals surface area contributed by atoms with Crippen molar-refractivity contribution < 1.29 is 4.79 Å². The number of aryl methyl sites for hydroxylation is 1. The first-order valence-electron chi connectivity index (χ1n) is 4.51. The summed E-state index contributed by atoms with van der Waals surface area (Å²) in [6.07, 6.45) is 0.327. The first-order chi connectivity index (χ1) is 7.07. The van der Waals surface area contributed by atoms with Gasteiger partial charge in [0.1, 0.15) is 4.88 Å². The molecule has 6 heteroatoms. The molecule has 0 saturated carbocycles. The summed E-state index contributed by atoms with van der Waals surface area (Å²) in [5, 5.41) is 12.3. The van der Waals surface area contributed by atoms with Gasteiger partial charge in [-0.15, -0.1) is 5.10 Å². The standard InChI is InChI=1S/C9H12N4OS/c1-6(4-5-10)13(3)9(14)8-7(2)11-12-15-8/h6H,4H2,1-3H3. The van der Waals surface area contributed by atoms with Crippen LogP contribution in [-0.2, 0) is 0 Å². The van der Waals surface area contributed by atoms with Gasteiger partial charge >= 0.3 is 0 Å². The molecule has 0 saturated heterocycles. The summed E-state index contributed by atoms with van der Waals surface area (Å²) in [7, 11) is 1.68. The van der Waals surface area contributed by atoms with Gasteiger partial charge in [-0.25, -0.2) is 0 Å². The van der Waals surface area contributed by atoms with Gasteiger partial charge in [0.2, 0.25) is 0 Å². The second kappa shape index (κ2) is 4.84. The molecule has 0 radical (unpaired) electrons. The van der Waals surface area contributed by atoms with Gasteiger partial charge in [0.05, 0.1) is 18.2 Å². The van der Waals surface area contributed by atoms with Crippen LogP contribution >= 0.6 is 11.5 Å². The maximum Gasteiger partial charge on any atom is 0.267 e. The summed E-state index contributed by atoms with van der Waals surface area (Å²) in [6.45, 7) is 3.59. The SMILES string of the molecule is Cc1nnsc1C(=O)N(C)C(C)CC#N. The molecule has 1 rings (SSSR count). The number of aromatic nitrogens is 2. The lowest BCUT2D eigenvalue weighted by Crippen LogP contribution is -2.34. The Hall–Kier alpha value is -1.48. The van der Waals surface area contributed by atoms with Crippen LogP contribution in [-0.4, -0.2) is 33.5 Å². The van der Waals surface area contributed by atoms with E-state index in [0.717, 1.165) is 11.5 Å². The van der Waals surface area contributed by atoms with Crippen molar-refractivity contribution >= 4 is 17.4 Å². The molecule has 0 aliphatic carbocycles. The van der Waals surface area contributed by atoms with Crippen LogP contribution in [0.5, 0.6) is 0 Å². The summed E-state index contributed by atoms with van der Waals surface area (Å²) in [5.74, 6) is -0.120. The van der Waals surface area contributed by atoms with Gasteiger partial charge < -0.3 is 4.90 Å². The number of carbonyl (C=O) groups excluding carboxylic acids is 1. The molecule has 5 nitrogen and oxygen atoms in total. The van der Waals surface area contributed by atoms with Crippen LogP contribution in [0.25, 0.3) is 0 Å². The van der Waals surface area contributed by atoms with Crippen LogP contribution < -0.4 is 0 Å². The topological polar surface area (TPSA) is 69.9 Å². The van der Waals surface area contributed by atoms with Crippen molar-refractivity contribution in [2.24, 2.45) is 0 Å². The monoisotopic (exact) mass is 224 g/mol. The van der Waals surface area contributed by atoms with Crippen molar-refractivity contribution in [3.05, 3.63) is 10.6 Å². The Balaban J connectivity index is 2.78. The summed E-state index contributed by atoms with van der Waals surface area (Å²) >= 11 is 1.09. The van der Waals surface area contributed by atoms with Crippen LogP contribution in [0.3, 0.4) is 0 Å². The van der Waals surface area contributed by atoms with Crippen molar-refractivity contribution in [3.63, 3.8) is 0 Å². The summed E-state index contributed by atoms with van der Waals surface area (Å²) in [6, 6.07) is 1.95. The second-order valence-corrected chi connectivity index (χ2v) is 4.07. The third kappa shape index (κ3) is 2.50. The Kier molecular flexibility index (Phi) is 3.74. The largest absolute Gasteiger partial charge is 0.337 e. The van der Waals surface area contributed by atoms with Crippen molar-refractivity contribution in [1.29, 1.82) is 5.26 Å². The van der Waals surface area contributed by atoms with Gasteiger partial charge in [-0.2, -0.15) is 5.26 Å². The Bertz CT molecular complexity index is 395. The van der Waals surface area contributed by atoms with Crippen LogP contribution in [0.15, 0.2) is 0 Å². The molecule has 0 spiro atoms. The van der Waals surface area contributed by atoms with E-state index in [9.17, 15) is 4.79 Å². The van der Waals surface area contributed by atoms with Gasteiger partial charge in [-0.05, 0) is 25.4 Å². The third-order valence-corrected chi connectivity index (χ3v) is 3.03. The minimum atomic E-state index is -0.120. The zero-order valence-electron chi connectivity index (χ0n) is 8.89. The molecule has 1 amide bonds. The molecule has 0 aliphatic heterocycles. The molecule has 0 aliphatic rings. The first-order valence-corrected chi connectivity index (χ1v) is 5.28. The van der Waals surface area contributed by atoms with Gasteiger partial charge in [0.15, 0.2) is 0 Å². The van der Waals surface area contributed by atoms with Crippen LogP contribution in [0.1, 0.15) is 28.7 Å². The number of rotatable bonds is 3. The van der Waals surface area contributed by atoms with Crippen molar-refractivity contribution in [3.8, 4) is 6.07 Å². The minimum absolute atomic E-state index is 0.0935. The number of carbonyl (C=O) groups is 1. The molecule has 1 aromatic heterocycles. The molecule has 1 heterocycles. The fraction of sp³-hybridized carbons (Fsp3) is 0.556. The molecule has 0 bridgehead atoms. The van der Waals surface area contributed by atoms with E-state index < -0.39 is 0 Å². The zero-order chi connectivity index (χ0) is 11.4. The smallest absolute Gasteiger partial charge is 0.267 e. The van der Waals surface area contributed by atoms with E-state index in [1.54, 1.807) is 18.9 Å². The molecule has 80 valence electrons. The molecular weight excluding hydrogens is 212 g/mol. The predicted octanol–water partition coefficient (Wildman–Crippen LogP) is 1.22. The summed E-state index contributed by atoms with van der Waals surface area (Å²) in [5.41, 5.74) is 0.640. The number of nitriles is 1. The highest BCUT2D eigenvalue weighted by atomic mass is 32.1. The van der Waals surface area contributed by atoms with E-state index in [1.807, 2.05) is 13.0 Å². The Labute approximate surface area is 92.5 Å². The predicted molar refractivity (Wildman–Crippen MR) is 56.4 cm³/mol. The fourth-order valence-electron chi connectivity index (χ4n) is 1.06. The third-order valence-electron chi connectivity index (χ3n) is 2.21. The number of nitrogens with zero attached hydrogens (tertiary/aromatic N) is 4. The second-order valence-electron chi connectivity index (χ2n) is 3.31. The Morgan fingerprint density at radius 1 is 1.73 bits per heavy atom. The fourth-order valence-corrected chi connectivity index (χ4v) is 1.70. The van der Waals surface area contributed by atoms with E-state index in [2.05, 4.69) is 9.59 Å². The lowest BCUT2D eigenvalue weighted by atomic mass is 10.2. The number of hydrogen-bond acceptors (Lipinski definition) is 5. The average Bonchev–Trinajstić information content (AvgIpc) is 2.62. The lowest BCUT2D eigenvalue weighted by molar-refractivity contribution is 0.0750. The normalized spacial score (nSPS) is 11.9. The van der Waals surface area contributed by atoms with E-state index in [4.69, 9.17) is 5.26 Å². The van der Waals surface area contributed by atoms with Gasteiger partial charge in [-0.1, -0.05) is 4.49 Å². The van der Waals surface area contributed by atoms with E-state index >= 15 is 0 Å². The highest BCUT2D eigenvalue weighted by molar-refractivity contribution is 7.07. The summed E-state index contributed by atoms with van der Waals surface area (Å²) in [4.78, 5) is 14.0. The van der Waals surface area contributed by atoms with Gasteiger partial charge in [0.25, 0.3) is 5.91 Å². The highest BCUT2D eigenvalue weighted by Crippen LogP contribution is 2.14. The maximum absolute atomic E-state index is 11.9. The Morgan fingerprint density at radius 3 is 2.87 bits per heavy atom. The quantitative estimate of drug-likeness (QED) is 0.774. The van der Waals surface area contributed by atoms with Crippen molar-refractivity contribution in [1.82, 2.24) is 14.5 Å². The van der Waals surface area contributed by atoms with Crippen molar-refractivity contribution in [2.75, 3.05) is 7.05 Å². The molecule has 1 atom stereocenters. The molecule has 1 aromatic rings. The summed E-state index contributed by atoms with van der Waals surface area (Å²) < 4.78 is 3.71. The van der Waals surface area contributed by atoms with Crippen molar-refractivity contribution in [2.45, 2.75) is 26.3 Å². The molecule has 0 fully saturated rings. The van der Waals surface area contributed by atoms with Crippen LogP contribution in [0.2, 0.25) is 0 Å². The first kappa shape index (κ1) is 11.6. The zero-order valence-corrected chi connectivity index (χ0v) is 9.71. The maximum atomic E-state index is 11.9. The van der Waals surface area contributed by atoms with Crippen LogP contribution in [0.4, 0.5) is 0 Å². The van der Waals surface area contributed by atoms with Gasteiger partial charge in [0, 0.05) is 13.1 Å². The van der Waals surface area contributed by atoms with Gasteiger partial charge in [-0.3, -0.25) is 4.79 Å². The van der Waals surface area contributed by atoms with Crippen LogP contribution in [0, 0.1) is 18.3 Å². The number of hydrogen-bond donors (Lipinski definition) is 0. The Morgan fingerprint density at radius 2 is 2.40 bits per heavy atom. The van der Waals surface area contributed by atoms with E-state index in [1.165, 1.54) is 0 Å². The molecule has 0 N–H and O–H groups in total. The van der Waals surface area contributed by atoms with E-state index in [-0.39, 0.29) is 11.9 Å². The number of amides is 1. The highest BCUT2D eigenvalue weighted by Gasteiger charge is 2.21. The molecular formula is C9H12N4OS. The minimum Gasteiger partial charge on any atom is -0.337 e. The molecule has 15 heavy (non-hydrogen) atoms. The molecule has 1 unspecified atom stereocenters. The average molecular weight is 224 g/mol. The van der Waals surface area contributed by atoms with E-state index in [0.29, 0.717) is 17.0 Å². The molecule has 0 aromatic carbocycles.